The molecule has 3 N–H and O–H groups in total. The highest BCUT2D eigenvalue weighted by Gasteiger charge is 2.26. The van der Waals surface area contributed by atoms with Crippen molar-refractivity contribution in [2.75, 3.05) is 13.2 Å². The summed E-state index contributed by atoms with van der Waals surface area (Å²) in [6.45, 7) is 8.32. The summed E-state index contributed by atoms with van der Waals surface area (Å²) in [4.78, 5) is 25.1. The number of hydrogen-bond acceptors (Lipinski definition) is 4. The van der Waals surface area contributed by atoms with E-state index in [1.807, 2.05) is 33.1 Å². The van der Waals surface area contributed by atoms with Gasteiger partial charge in [-0.2, -0.15) is 0 Å². The number of thiophene rings is 1. The highest BCUT2D eigenvalue weighted by atomic mass is 32.1. The lowest BCUT2D eigenvalue weighted by atomic mass is 9.89. The van der Waals surface area contributed by atoms with Crippen molar-refractivity contribution in [2.24, 2.45) is 11.3 Å². The van der Waals surface area contributed by atoms with E-state index in [4.69, 9.17) is 5.11 Å². The third kappa shape index (κ3) is 5.77. The van der Waals surface area contributed by atoms with E-state index in [1.165, 1.54) is 11.3 Å². The van der Waals surface area contributed by atoms with Gasteiger partial charge in [-0.3, -0.25) is 9.59 Å². The summed E-state index contributed by atoms with van der Waals surface area (Å²) < 4.78 is 0. The van der Waals surface area contributed by atoms with Gasteiger partial charge in [-0.05, 0) is 29.2 Å². The zero-order valence-corrected chi connectivity index (χ0v) is 14.5. The molecule has 5 nitrogen and oxygen atoms in total. The molecule has 0 radical (unpaired) electrons. The number of rotatable bonds is 8. The Kier molecular flexibility index (Phi) is 7.03. The normalized spacial score (nSPS) is 13.0. The van der Waals surface area contributed by atoms with E-state index in [-0.39, 0.29) is 29.8 Å². The van der Waals surface area contributed by atoms with Crippen molar-refractivity contribution in [3.05, 3.63) is 22.4 Å². The minimum absolute atomic E-state index is 0.00938. The van der Waals surface area contributed by atoms with Crippen LogP contribution in [0, 0.1) is 11.3 Å². The van der Waals surface area contributed by atoms with Crippen LogP contribution in [0.4, 0.5) is 0 Å². The average molecular weight is 326 g/mol. The van der Waals surface area contributed by atoms with Crippen LogP contribution in [0.25, 0.3) is 0 Å². The second-order valence-corrected chi connectivity index (χ2v) is 7.48. The fourth-order valence-corrected chi connectivity index (χ4v) is 2.61. The van der Waals surface area contributed by atoms with Crippen molar-refractivity contribution < 1.29 is 14.7 Å². The Hall–Kier alpha value is -1.40. The lowest BCUT2D eigenvalue weighted by Crippen LogP contribution is -2.51. The topological polar surface area (TPSA) is 78.4 Å². The number of carbonyl (C=O) groups excluding carboxylic acids is 2. The predicted molar refractivity (Wildman–Crippen MR) is 88.9 cm³/mol. The van der Waals surface area contributed by atoms with Gasteiger partial charge in [0, 0.05) is 13.2 Å². The first kappa shape index (κ1) is 18.6. The van der Waals surface area contributed by atoms with E-state index in [9.17, 15) is 9.59 Å². The third-order valence-corrected chi connectivity index (χ3v) is 4.38. The maximum absolute atomic E-state index is 12.4. The number of hydrogen-bond donors (Lipinski definition) is 3. The van der Waals surface area contributed by atoms with Crippen LogP contribution in [0.3, 0.4) is 0 Å². The third-order valence-electron chi connectivity index (χ3n) is 3.51. The van der Waals surface area contributed by atoms with Crippen LogP contribution in [-0.2, 0) is 4.79 Å². The summed E-state index contributed by atoms with van der Waals surface area (Å²) in [6, 6.07) is 2.97. The van der Waals surface area contributed by atoms with Crippen molar-refractivity contribution >= 4 is 23.2 Å². The zero-order valence-electron chi connectivity index (χ0n) is 13.7. The Bertz CT molecular complexity index is 484. The lowest BCUT2D eigenvalue weighted by Gasteiger charge is -2.27. The molecule has 1 rings (SSSR count). The first-order valence-corrected chi connectivity index (χ1v) is 8.38. The highest BCUT2D eigenvalue weighted by Crippen LogP contribution is 2.18. The predicted octanol–water partition coefficient (Wildman–Crippen LogP) is 2.03. The fraction of sp³-hybridized carbons (Fsp3) is 0.625. The molecule has 124 valence electrons. The van der Waals surface area contributed by atoms with Gasteiger partial charge in [0.1, 0.15) is 6.04 Å². The standard InChI is InChI=1S/C16H26N2O3S/c1-11(2)13(18-14(20)12-6-5-9-22-12)15(21)17-10-16(3,4)7-8-19/h5-6,9,11,13,19H,7-8,10H2,1-4H3,(H,17,21)(H,18,20). The average Bonchev–Trinajstić information content (AvgIpc) is 2.95. The molecule has 0 aliphatic heterocycles. The molecule has 2 amide bonds. The molecule has 1 atom stereocenters. The van der Waals surface area contributed by atoms with Crippen molar-refractivity contribution in [1.82, 2.24) is 10.6 Å². The van der Waals surface area contributed by atoms with E-state index in [0.717, 1.165) is 0 Å². The molecule has 0 aliphatic rings. The number of amides is 2. The van der Waals surface area contributed by atoms with Gasteiger partial charge in [0.25, 0.3) is 5.91 Å². The second kappa shape index (κ2) is 8.29. The maximum Gasteiger partial charge on any atom is 0.262 e. The molecule has 0 aliphatic carbocycles. The van der Waals surface area contributed by atoms with Crippen LogP contribution in [0.2, 0.25) is 0 Å². The van der Waals surface area contributed by atoms with Crippen molar-refractivity contribution in [2.45, 2.75) is 40.2 Å². The Morgan fingerprint density at radius 2 is 2.05 bits per heavy atom. The number of carbonyl (C=O) groups is 2. The Labute approximate surface area is 136 Å². The van der Waals surface area contributed by atoms with Gasteiger partial charge in [-0.1, -0.05) is 33.8 Å². The Morgan fingerprint density at radius 1 is 1.36 bits per heavy atom. The molecule has 0 spiro atoms. The molecule has 1 aromatic heterocycles. The van der Waals surface area contributed by atoms with Gasteiger partial charge in [-0.25, -0.2) is 0 Å². The number of nitrogens with one attached hydrogen (secondary N) is 2. The van der Waals surface area contributed by atoms with E-state index in [0.29, 0.717) is 17.8 Å². The van der Waals surface area contributed by atoms with Crippen LogP contribution in [0.15, 0.2) is 17.5 Å². The van der Waals surface area contributed by atoms with E-state index < -0.39 is 6.04 Å². The largest absolute Gasteiger partial charge is 0.396 e. The monoisotopic (exact) mass is 326 g/mol. The van der Waals surface area contributed by atoms with E-state index in [2.05, 4.69) is 10.6 Å². The molecule has 0 saturated carbocycles. The van der Waals surface area contributed by atoms with E-state index in [1.54, 1.807) is 12.1 Å². The van der Waals surface area contributed by atoms with Gasteiger partial charge in [0.15, 0.2) is 0 Å². The summed E-state index contributed by atoms with van der Waals surface area (Å²) >= 11 is 1.35. The quantitative estimate of drug-likeness (QED) is 0.684. The van der Waals surface area contributed by atoms with Crippen molar-refractivity contribution in [3.63, 3.8) is 0 Å². The van der Waals surface area contributed by atoms with E-state index >= 15 is 0 Å². The minimum Gasteiger partial charge on any atom is -0.396 e. The molecule has 0 aromatic carbocycles. The summed E-state index contributed by atoms with van der Waals surface area (Å²) in [5.74, 6) is -0.422. The molecular formula is C16H26N2O3S. The number of aliphatic hydroxyl groups is 1. The van der Waals surface area contributed by atoms with Gasteiger partial charge >= 0.3 is 0 Å². The van der Waals surface area contributed by atoms with Gasteiger partial charge < -0.3 is 15.7 Å². The maximum atomic E-state index is 12.4. The van der Waals surface area contributed by atoms with Crippen molar-refractivity contribution in [1.29, 1.82) is 0 Å². The van der Waals surface area contributed by atoms with Crippen molar-refractivity contribution in [3.8, 4) is 0 Å². The molecule has 1 unspecified atom stereocenters. The lowest BCUT2D eigenvalue weighted by molar-refractivity contribution is -0.124. The summed E-state index contributed by atoms with van der Waals surface area (Å²) in [5, 5.41) is 16.5. The second-order valence-electron chi connectivity index (χ2n) is 6.53. The summed E-state index contributed by atoms with van der Waals surface area (Å²) in [6.07, 6.45) is 0.612. The molecule has 1 heterocycles. The van der Waals surface area contributed by atoms with Gasteiger partial charge in [-0.15, -0.1) is 11.3 Å². The highest BCUT2D eigenvalue weighted by molar-refractivity contribution is 7.12. The zero-order chi connectivity index (χ0) is 16.8. The van der Waals surface area contributed by atoms with Crippen LogP contribution in [0.1, 0.15) is 43.8 Å². The van der Waals surface area contributed by atoms with Crippen LogP contribution < -0.4 is 10.6 Å². The Balaban J connectivity index is 2.63. The first-order valence-electron chi connectivity index (χ1n) is 7.50. The van der Waals surface area contributed by atoms with Crippen LogP contribution >= 0.6 is 11.3 Å². The SMILES string of the molecule is CC(C)C(NC(=O)c1cccs1)C(=O)NCC(C)(C)CCO. The summed E-state index contributed by atoms with van der Waals surface area (Å²) in [7, 11) is 0. The molecule has 0 fully saturated rings. The summed E-state index contributed by atoms with van der Waals surface area (Å²) in [5.41, 5.74) is -0.177. The smallest absolute Gasteiger partial charge is 0.262 e. The fourth-order valence-electron chi connectivity index (χ4n) is 1.98. The molecule has 22 heavy (non-hydrogen) atoms. The molecular weight excluding hydrogens is 300 g/mol. The molecule has 0 saturated heterocycles. The first-order chi connectivity index (χ1) is 10.3. The molecule has 0 bridgehead atoms. The minimum atomic E-state index is -0.570. The van der Waals surface area contributed by atoms with Gasteiger partial charge in [0.2, 0.25) is 5.91 Å². The van der Waals surface area contributed by atoms with Crippen LogP contribution in [-0.4, -0.2) is 36.1 Å². The van der Waals surface area contributed by atoms with Crippen LogP contribution in [0.5, 0.6) is 0 Å². The molecule has 1 aromatic rings. The number of aliphatic hydroxyl groups excluding tert-OH is 1. The Morgan fingerprint density at radius 3 is 2.55 bits per heavy atom. The van der Waals surface area contributed by atoms with Gasteiger partial charge in [0.05, 0.1) is 4.88 Å². The molecule has 6 heteroatoms.